The predicted octanol–water partition coefficient (Wildman–Crippen LogP) is 2.54. The summed E-state index contributed by atoms with van der Waals surface area (Å²) in [6.45, 7) is 1.87. The van der Waals surface area contributed by atoms with E-state index in [0.29, 0.717) is 0 Å². The van der Waals surface area contributed by atoms with E-state index in [1.54, 1.807) is 6.07 Å². The van der Waals surface area contributed by atoms with Crippen molar-refractivity contribution in [3.8, 4) is 0 Å². The second kappa shape index (κ2) is 6.75. The predicted molar refractivity (Wildman–Crippen MR) is 83.2 cm³/mol. The monoisotopic (exact) mass is 312 g/mol. The Morgan fingerprint density at radius 3 is 2.71 bits per heavy atom. The minimum atomic E-state index is -0.500. The third-order valence-corrected chi connectivity index (χ3v) is 4.65. The number of carbonyl (C=O) groups excluding carboxylic acids is 1. The Morgan fingerprint density at radius 2 is 2.14 bits per heavy atom. The van der Waals surface area contributed by atoms with Crippen molar-refractivity contribution in [2.24, 2.45) is 0 Å². The van der Waals surface area contributed by atoms with E-state index in [1.165, 1.54) is 12.1 Å². The van der Waals surface area contributed by atoms with Crippen molar-refractivity contribution in [1.82, 2.24) is 10.6 Å². The molecular formula is C16H22ClFN2O. The molecule has 1 saturated carbocycles. The summed E-state index contributed by atoms with van der Waals surface area (Å²) in [5.41, 5.74) is 0.324. The van der Waals surface area contributed by atoms with Crippen LogP contribution in [0.15, 0.2) is 24.3 Å². The molecule has 1 aliphatic heterocycles. The minimum absolute atomic E-state index is 0. The molecule has 3 nitrogen and oxygen atoms in total. The number of halogens is 2. The lowest BCUT2D eigenvalue weighted by molar-refractivity contribution is -0.130. The SMILES string of the molecule is Cl.O=C(N[C@H]1CCCNC1)C1(c2cccc(F)c2)CCC1. The van der Waals surface area contributed by atoms with Crippen molar-refractivity contribution in [2.45, 2.75) is 43.6 Å². The van der Waals surface area contributed by atoms with Gasteiger partial charge in [0, 0.05) is 12.6 Å². The van der Waals surface area contributed by atoms with E-state index < -0.39 is 5.41 Å². The van der Waals surface area contributed by atoms with Gasteiger partial charge in [0.05, 0.1) is 5.41 Å². The Balaban J connectivity index is 0.00000161. The highest BCUT2D eigenvalue weighted by Gasteiger charge is 2.46. The van der Waals surface area contributed by atoms with Gasteiger partial charge < -0.3 is 10.6 Å². The van der Waals surface area contributed by atoms with Crippen LogP contribution >= 0.6 is 12.4 Å². The van der Waals surface area contributed by atoms with E-state index in [-0.39, 0.29) is 30.2 Å². The number of benzene rings is 1. The molecule has 1 aliphatic carbocycles. The first kappa shape index (κ1) is 16.2. The number of hydrogen-bond acceptors (Lipinski definition) is 2. The van der Waals surface area contributed by atoms with E-state index in [4.69, 9.17) is 0 Å². The number of piperidine rings is 1. The molecule has 0 spiro atoms. The third-order valence-electron chi connectivity index (χ3n) is 4.65. The van der Waals surface area contributed by atoms with Gasteiger partial charge in [-0.25, -0.2) is 4.39 Å². The fourth-order valence-corrected chi connectivity index (χ4v) is 3.26. The van der Waals surface area contributed by atoms with Crippen LogP contribution < -0.4 is 10.6 Å². The van der Waals surface area contributed by atoms with Crippen LogP contribution in [-0.4, -0.2) is 25.0 Å². The number of carbonyl (C=O) groups is 1. The van der Waals surface area contributed by atoms with Crippen LogP contribution in [-0.2, 0) is 10.2 Å². The lowest BCUT2D eigenvalue weighted by Gasteiger charge is -2.42. The number of amides is 1. The van der Waals surface area contributed by atoms with Gasteiger partial charge in [-0.2, -0.15) is 0 Å². The molecule has 1 saturated heterocycles. The van der Waals surface area contributed by atoms with Crippen LogP contribution in [0, 0.1) is 5.82 Å². The molecule has 1 amide bonds. The summed E-state index contributed by atoms with van der Waals surface area (Å²) in [6.07, 6.45) is 4.80. The van der Waals surface area contributed by atoms with Crippen molar-refractivity contribution in [1.29, 1.82) is 0 Å². The van der Waals surface area contributed by atoms with E-state index in [2.05, 4.69) is 10.6 Å². The van der Waals surface area contributed by atoms with Gasteiger partial charge >= 0.3 is 0 Å². The average molecular weight is 313 g/mol. The molecular weight excluding hydrogens is 291 g/mol. The van der Waals surface area contributed by atoms with E-state index in [0.717, 1.165) is 50.8 Å². The maximum Gasteiger partial charge on any atom is 0.230 e. The van der Waals surface area contributed by atoms with Gasteiger partial charge in [-0.05, 0) is 49.9 Å². The fraction of sp³-hybridized carbons (Fsp3) is 0.562. The molecule has 1 aromatic rings. The van der Waals surface area contributed by atoms with Gasteiger partial charge in [0.2, 0.25) is 5.91 Å². The van der Waals surface area contributed by atoms with Crippen LogP contribution in [0.25, 0.3) is 0 Å². The first-order chi connectivity index (χ1) is 9.71. The highest BCUT2D eigenvalue weighted by Crippen LogP contribution is 2.44. The quantitative estimate of drug-likeness (QED) is 0.900. The van der Waals surface area contributed by atoms with Crippen molar-refractivity contribution in [2.75, 3.05) is 13.1 Å². The standard InChI is InChI=1S/C16H21FN2O.ClH/c17-13-5-1-4-12(10-13)16(7-3-8-16)15(20)19-14-6-2-9-18-11-14;/h1,4-5,10,14,18H,2-3,6-9,11H2,(H,19,20);1H/t14-;/m0./s1. The summed E-state index contributed by atoms with van der Waals surface area (Å²) in [5.74, 6) is -0.191. The molecule has 2 aliphatic rings. The summed E-state index contributed by atoms with van der Waals surface area (Å²) in [4.78, 5) is 12.7. The van der Waals surface area contributed by atoms with Crippen LogP contribution in [0.2, 0.25) is 0 Å². The summed E-state index contributed by atoms with van der Waals surface area (Å²) in [7, 11) is 0. The van der Waals surface area contributed by atoms with E-state index in [1.807, 2.05) is 6.07 Å². The van der Waals surface area contributed by atoms with E-state index >= 15 is 0 Å². The Morgan fingerprint density at radius 1 is 1.33 bits per heavy atom. The average Bonchev–Trinajstić information content (AvgIpc) is 2.38. The summed E-state index contributed by atoms with van der Waals surface area (Å²) in [6, 6.07) is 6.72. The van der Waals surface area contributed by atoms with Gasteiger partial charge in [0.15, 0.2) is 0 Å². The first-order valence-corrected chi connectivity index (χ1v) is 7.48. The molecule has 3 rings (SSSR count). The van der Waals surface area contributed by atoms with Crippen molar-refractivity contribution < 1.29 is 9.18 Å². The molecule has 0 aromatic heterocycles. The molecule has 116 valence electrons. The molecule has 1 aromatic carbocycles. The maximum atomic E-state index is 13.4. The first-order valence-electron chi connectivity index (χ1n) is 7.48. The molecule has 5 heteroatoms. The highest BCUT2D eigenvalue weighted by molar-refractivity contribution is 5.89. The van der Waals surface area contributed by atoms with Crippen LogP contribution in [0.4, 0.5) is 4.39 Å². The van der Waals surface area contributed by atoms with Crippen LogP contribution in [0.1, 0.15) is 37.7 Å². The molecule has 0 unspecified atom stereocenters. The molecule has 1 atom stereocenters. The molecule has 2 fully saturated rings. The van der Waals surface area contributed by atoms with Crippen molar-refractivity contribution in [3.63, 3.8) is 0 Å². The largest absolute Gasteiger partial charge is 0.351 e. The zero-order chi connectivity index (χ0) is 14.0. The van der Waals surface area contributed by atoms with Gasteiger partial charge in [0.1, 0.15) is 5.82 Å². The van der Waals surface area contributed by atoms with Crippen LogP contribution in [0.3, 0.4) is 0 Å². The van der Waals surface area contributed by atoms with Crippen LogP contribution in [0.5, 0.6) is 0 Å². The lowest BCUT2D eigenvalue weighted by Crippen LogP contribution is -2.55. The number of nitrogens with one attached hydrogen (secondary N) is 2. The fourth-order valence-electron chi connectivity index (χ4n) is 3.26. The van der Waals surface area contributed by atoms with Crippen molar-refractivity contribution >= 4 is 18.3 Å². The summed E-state index contributed by atoms with van der Waals surface area (Å²) < 4.78 is 13.4. The second-order valence-corrected chi connectivity index (χ2v) is 5.96. The van der Waals surface area contributed by atoms with Crippen molar-refractivity contribution in [3.05, 3.63) is 35.6 Å². The number of hydrogen-bond donors (Lipinski definition) is 2. The van der Waals surface area contributed by atoms with Gasteiger partial charge in [-0.15, -0.1) is 12.4 Å². The molecule has 0 radical (unpaired) electrons. The Labute approximate surface area is 131 Å². The van der Waals surface area contributed by atoms with Gasteiger partial charge in [0.25, 0.3) is 0 Å². The molecule has 2 N–H and O–H groups in total. The number of rotatable bonds is 3. The smallest absolute Gasteiger partial charge is 0.230 e. The Hall–Kier alpha value is -1.13. The second-order valence-electron chi connectivity index (χ2n) is 5.96. The molecule has 0 bridgehead atoms. The zero-order valence-electron chi connectivity index (χ0n) is 12.0. The normalized spacial score (nSPS) is 23.6. The molecule has 1 heterocycles. The summed E-state index contributed by atoms with van der Waals surface area (Å²) >= 11 is 0. The minimum Gasteiger partial charge on any atom is -0.351 e. The van der Waals surface area contributed by atoms with E-state index in [9.17, 15) is 9.18 Å². The topological polar surface area (TPSA) is 41.1 Å². The zero-order valence-corrected chi connectivity index (χ0v) is 12.8. The molecule has 21 heavy (non-hydrogen) atoms. The highest BCUT2D eigenvalue weighted by atomic mass is 35.5. The summed E-state index contributed by atoms with van der Waals surface area (Å²) in [5, 5.41) is 6.46. The lowest BCUT2D eigenvalue weighted by atomic mass is 9.63. The Kier molecular flexibility index (Phi) is 5.22. The third kappa shape index (κ3) is 3.22. The Bertz CT molecular complexity index is 499. The maximum absolute atomic E-state index is 13.4. The van der Waals surface area contributed by atoms with Gasteiger partial charge in [-0.1, -0.05) is 18.6 Å². The van der Waals surface area contributed by atoms with Gasteiger partial charge in [-0.3, -0.25) is 4.79 Å².